The van der Waals surface area contributed by atoms with Gasteiger partial charge in [-0.05, 0) is 37.5 Å². The number of aliphatic hydroxyl groups excluding tert-OH is 1. The zero-order valence-electron chi connectivity index (χ0n) is 15.7. The first kappa shape index (κ1) is 20.2. The molecule has 1 aromatic rings. The molecule has 7 nitrogen and oxygen atoms in total. The van der Waals surface area contributed by atoms with Crippen molar-refractivity contribution in [2.24, 2.45) is 10.4 Å². The lowest BCUT2D eigenvalue weighted by Gasteiger charge is -2.27. The number of nitrogens with one attached hydrogen (secondary N) is 3. The molecule has 1 aliphatic rings. The molecule has 0 bridgehead atoms. The van der Waals surface area contributed by atoms with E-state index in [0.29, 0.717) is 44.2 Å². The largest absolute Gasteiger partial charge is 0.396 e. The second-order valence-corrected chi connectivity index (χ2v) is 6.62. The van der Waals surface area contributed by atoms with E-state index in [2.05, 4.69) is 20.9 Å². The highest BCUT2D eigenvalue weighted by atomic mass is 16.5. The van der Waals surface area contributed by atoms with Crippen LogP contribution in [0.25, 0.3) is 0 Å². The molecule has 26 heavy (non-hydrogen) atoms. The van der Waals surface area contributed by atoms with Gasteiger partial charge in [0.2, 0.25) is 0 Å². The third-order valence-corrected chi connectivity index (χ3v) is 4.67. The quantitative estimate of drug-likeness (QED) is 0.407. The summed E-state index contributed by atoms with van der Waals surface area (Å²) >= 11 is 0. The number of carbonyl (C=O) groups is 1. The molecule has 0 radical (unpaired) electrons. The van der Waals surface area contributed by atoms with Gasteiger partial charge in [-0.2, -0.15) is 0 Å². The second-order valence-electron chi connectivity index (χ2n) is 6.62. The number of nitrogens with zero attached hydrogens (tertiary/aromatic N) is 1. The van der Waals surface area contributed by atoms with Crippen LogP contribution in [0.15, 0.2) is 29.3 Å². The van der Waals surface area contributed by atoms with Crippen LogP contribution in [-0.2, 0) is 11.3 Å². The van der Waals surface area contributed by atoms with Gasteiger partial charge >= 0.3 is 0 Å². The maximum Gasteiger partial charge on any atom is 0.251 e. The molecule has 4 N–H and O–H groups in total. The van der Waals surface area contributed by atoms with E-state index >= 15 is 0 Å². The highest BCUT2D eigenvalue weighted by molar-refractivity contribution is 5.94. The van der Waals surface area contributed by atoms with E-state index in [1.165, 1.54) is 0 Å². The maximum atomic E-state index is 11.9. The van der Waals surface area contributed by atoms with Crippen LogP contribution in [0.2, 0.25) is 0 Å². The number of ether oxygens (including phenoxy) is 1. The molecular formula is C19H30N4O3. The summed E-state index contributed by atoms with van der Waals surface area (Å²) in [4.78, 5) is 16.2. The Morgan fingerprint density at radius 1 is 1.35 bits per heavy atom. The molecule has 1 unspecified atom stereocenters. The molecule has 144 valence electrons. The van der Waals surface area contributed by atoms with Crippen LogP contribution < -0.4 is 16.0 Å². The fourth-order valence-corrected chi connectivity index (χ4v) is 3.07. The lowest BCUT2D eigenvalue weighted by atomic mass is 9.84. The monoisotopic (exact) mass is 362 g/mol. The van der Waals surface area contributed by atoms with Gasteiger partial charge in [-0.25, -0.2) is 0 Å². The van der Waals surface area contributed by atoms with Gasteiger partial charge in [-0.3, -0.25) is 9.79 Å². The van der Waals surface area contributed by atoms with Gasteiger partial charge in [-0.15, -0.1) is 0 Å². The van der Waals surface area contributed by atoms with Gasteiger partial charge in [0.25, 0.3) is 5.91 Å². The summed E-state index contributed by atoms with van der Waals surface area (Å²) < 4.78 is 5.51. The van der Waals surface area contributed by atoms with Crippen LogP contribution in [0, 0.1) is 5.41 Å². The molecule has 0 aromatic heterocycles. The van der Waals surface area contributed by atoms with Crippen molar-refractivity contribution in [1.82, 2.24) is 16.0 Å². The molecule has 1 atom stereocenters. The lowest BCUT2D eigenvalue weighted by Crippen LogP contribution is -2.44. The molecule has 1 aliphatic heterocycles. The molecule has 1 saturated heterocycles. The molecule has 0 spiro atoms. The molecule has 2 rings (SSSR count). The van der Waals surface area contributed by atoms with Crippen molar-refractivity contribution in [3.05, 3.63) is 35.4 Å². The number of rotatable bonds is 8. The maximum absolute atomic E-state index is 11.9. The Morgan fingerprint density at radius 3 is 2.85 bits per heavy atom. The number of hydrogen-bond acceptors (Lipinski definition) is 4. The van der Waals surface area contributed by atoms with Crippen molar-refractivity contribution in [3.63, 3.8) is 0 Å². The summed E-state index contributed by atoms with van der Waals surface area (Å²) in [6.45, 7) is 5.33. The summed E-state index contributed by atoms with van der Waals surface area (Å²) in [6, 6.07) is 7.54. The number of benzene rings is 1. The Kier molecular flexibility index (Phi) is 7.87. The highest BCUT2D eigenvalue weighted by Crippen LogP contribution is 2.31. The Hall–Kier alpha value is -2.12. The molecule has 7 heteroatoms. The van der Waals surface area contributed by atoms with Crippen molar-refractivity contribution in [1.29, 1.82) is 0 Å². The van der Waals surface area contributed by atoms with Crippen LogP contribution in [0.4, 0.5) is 0 Å². The first-order valence-electron chi connectivity index (χ1n) is 9.13. The van der Waals surface area contributed by atoms with Gasteiger partial charge in [0.1, 0.15) is 0 Å². The van der Waals surface area contributed by atoms with E-state index < -0.39 is 0 Å². The predicted octanol–water partition coefficient (Wildman–Crippen LogP) is 0.890. The van der Waals surface area contributed by atoms with E-state index in [0.717, 1.165) is 18.6 Å². The van der Waals surface area contributed by atoms with E-state index in [1.807, 2.05) is 25.1 Å². The number of amides is 1. The van der Waals surface area contributed by atoms with E-state index in [4.69, 9.17) is 4.74 Å². The fourth-order valence-electron chi connectivity index (χ4n) is 3.07. The molecule has 1 aromatic carbocycles. The second kappa shape index (κ2) is 10.1. The van der Waals surface area contributed by atoms with Crippen LogP contribution >= 0.6 is 0 Å². The van der Waals surface area contributed by atoms with E-state index in [1.54, 1.807) is 13.1 Å². The van der Waals surface area contributed by atoms with Crippen molar-refractivity contribution in [3.8, 4) is 0 Å². The van der Waals surface area contributed by atoms with Crippen LogP contribution in [-0.4, -0.2) is 56.9 Å². The number of hydrogen-bond donors (Lipinski definition) is 4. The minimum absolute atomic E-state index is 0.0372. The standard InChI is InChI=1S/C19H30N4O3/c1-3-21-17(25)16-6-4-5-15(11-16)12-22-18(20-2)23-13-19(7-9-24)8-10-26-14-19/h4-6,11,24H,3,7-10,12-14H2,1-2H3,(H,21,25)(H2,20,22,23). The normalized spacial score (nSPS) is 20.0. The molecule has 1 amide bonds. The zero-order chi connectivity index (χ0) is 18.8. The summed E-state index contributed by atoms with van der Waals surface area (Å²) in [5.74, 6) is 0.627. The number of aliphatic imine (C=N–C) groups is 1. The van der Waals surface area contributed by atoms with Crippen molar-refractivity contribution >= 4 is 11.9 Å². The number of guanidine groups is 1. The lowest BCUT2D eigenvalue weighted by molar-refractivity contribution is 0.0955. The number of aliphatic hydroxyl groups is 1. The Labute approximate surface area is 155 Å². The predicted molar refractivity (Wildman–Crippen MR) is 102 cm³/mol. The summed E-state index contributed by atoms with van der Waals surface area (Å²) in [5, 5.41) is 18.7. The van der Waals surface area contributed by atoms with E-state index in [-0.39, 0.29) is 17.9 Å². The Bertz CT molecular complexity index is 613. The van der Waals surface area contributed by atoms with Crippen LogP contribution in [0.5, 0.6) is 0 Å². The average Bonchev–Trinajstić information content (AvgIpc) is 3.11. The van der Waals surface area contributed by atoms with Crippen LogP contribution in [0.1, 0.15) is 35.7 Å². The van der Waals surface area contributed by atoms with Gasteiger partial charge < -0.3 is 25.8 Å². The third-order valence-electron chi connectivity index (χ3n) is 4.67. The molecule has 1 fully saturated rings. The van der Waals surface area contributed by atoms with Crippen molar-refractivity contribution in [2.75, 3.05) is 40.0 Å². The smallest absolute Gasteiger partial charge is 0.251 e. The molecule has 0 aliphatic carbocycles. The summed E-state index contributed by atoms with van der Waals surface area (Å²) in [7, 11) is 1.73. The van der Waals surface area contributed by atoms with Gasteiger partial charge in [0.05, 0.1) is 6.61 Å². The average molecular weight is 362 g/mol. The summed E-state index contributed by atoms with van der Waals surface area (Å²) in [5.41, 5.74) is 1.62. The fraction of sp³-hybridized carbons (Fsp3) is 0.579. The molecular weight excluding hydrogens is 332 g/mol. The molecule has 0 saturated carbocycles. The van der Waals surface area contributed by atoms with Gasteiger partial charge in [-0.1, -0.05) is 12.1 Å². The number of carbonyl (C=O) groups excluding carboxylic acids is 1. The highest BCUT2D eigenvalue weighted by Gasteiger charge is 2.34. The molecule has 1 heterocycles. The zero-order valence-corrected chi connectivity index (χ0v) is 15.7. The first-order chi connectivity index (χ1) is 12.6. The Balaban J connectivity index is 1.89. The minimum atomic E-state index is -0.0657. The summed E-state index contributed by atoms with van der Waals surface area (Å²) in [6.07, 6.45) is 1.65. The van der Waals surface area contributed by atoms with Gasteiger partial charge in [0, 0.05) is 50.9 Å². The van der Waals surface area contributed by atoms with E-state index in [9.17, 15) is 9.90 Å². The minimum Gasteiger partial charge on any atom is -0.396 e. The Morgan fingerprint density at radius 2 is 2.19 bits per heavy atom. The van der Waals surface area contributed by atoms with Crippen LogP contribution in [0.3, 0.4) is 0 Å². The SMILES string of the molecule is CCNC(=O)c1cccc(CNC(=NC)NCC2(CCO)CCOC2)c1. The van der Waals surface area contributed by atoms with Crippen molar-refractivity contribution in [2.45, 2.75) is 26.3 Å². The van der Waals surface area contributed by atoms with Crippen molar-refractivity contribution < 1.29 is 14.6 Å². The first-order valence-corrected chi connectivity index (χ1v) is 9.13. The van der Waals surface area contributed by atoms with Gasteiger partial charge in [0.15, 0.2) is 5.96 Å². The third kappa shape index (κ3) is 5.71. The topological polar surface area (TPSA) is 95.0 Å².